The number of nitrogens with zero attached hydrogens (tertiary/aromatic N) is 2. The maximum Gasteiger partial charge on any atom is 0.323 e. The molecule has 3 N–H and O–H groups in total. The number of anilines is 2. The Morgan fingerprint density at radius 1 is 0.914 bits per heavy atom. The van der Waals surface area contributed by atoms with Crippen molar-refractivity contribution in [3.05, 3.63) is 100 Å². The number of carbonyl (C=O) groups excluding carboxylic acids is 2. The van der Waals surface area contributed by atoms with Crippen molar-refractivity contribution in [2.24, 2.45) is 0 Å². The monoisotopic (exact) mass is 469 g/mol. The number of aryl methyl sites for hydroxylation is 3. The molecule has 3 amide bonds. The number of aromatic nitrogens is 2. The first kappa shape index (κ1) is 23.7. The molecular weight excluding hydrogens is 442 g/mol. The minimum atomic E-state index is -0.346. The van der Waals surface area contributed by atoms with Crippen molar-refractivity contribution in [1.29, 1.82) is 0 Å². The predicted octanol–water partition coefficient (Wildman–Crippen LogP) is 4.36. The standard InChI is InChI=1S/C27H27N5O3/c1-18-6-3-9-21(14-18)30-27(35)31-22-10-5-8-20(15-22)16-28-24(33)12-13-32-17-29-25-19(2)7-4-11-23(25)26(32)34/h3-11,14-15,17H,12-13,16H2,1-2H3,(H,28,33)(H2,30,31,35). The molecule has 0 bridgehead atoms. The molecule has 0 unspecified atom stereocenters. The van der Waals surface area contributed by atoms with Gasteiger partial charge in [0, 0.05) is 30.9 Å². The highest BCUT2D eigenvalue weighted by Crippen LogP contribution is 2.14. The van der Waals surface area contributed by atoms with Gasteiger partial charge < -0.3 is 16.0 Å². The predicted molar refractivity (Wildman–Crippen MR) is 137 cm³/mol. The molecule has 1 aromatic heterocycles. The lowest BCUT2D eigenvalue weighted by Crippen LogP contribution is -2.27. The highest BCUT2D eigenvalue weighted by atomic mass is 16.2. The van der Waals surface area contributed by atoms with Crippen LogP contribution in [-0.2, 0) is 17.9 Å². The van der Waals surface area contributed by atoms with Crippen LogP contribution in [0, 0.1) is 13.8 Å². The minimum Gasteiger partial charge on any atom is -0.352 e. The van der Waals surface area contributed by atoms with Gasteiger partial charge in [-0.05, 0) is 60.9 Å². The Balaban J connectivity index is 1.29. The van der Waals surface area contributed by atoms with Crippen molar-refractivity contribution in [1.82, 2.24) is 14.9 Å². The Morgan fingerprint density at radius 2 is 1.63 bits per heavy atom. The highest BCUT2D eigenvalue weighted by molar-refractivity contribution is 5.99. The van der Waals surface area contributed by atoms with Crippen molar-refractivity contribution in [2.75, 3.05) is 10.6 Å². The van der Waals surface area contributed by atoms with E-state index < -0.39 is 0 Å². The van der Waals surface area contributed by atoms with E-state index in [9.17, 15) is 14.4 Å². The van der Waals surface area contributed by atoms with Gasteiger partial charge in [0.25, 0.3) is 5.56 Å². The number of benzene rings is 3. The van der Waals surface area contributed by atoms with Gasteiger partial charge in [0.1, 0.15) is 0 Å². The summed E-state index contributed by atoms with van der Waals surface area (Å²) in [5.41, 5.74) is 4.68. The largest absolute Gasteiger partial charge is 0.352 e. The molecule has 0 fully saturated rings. The van der Waals surface area contributed by atoms with E-state index in [1.54, 1.807) is 18.2 Å². The molecule has 0 saturated heterocycles. The fourth-order valence-electron chi connectivity index (χ4n) is 3.78. The number of para-hydroxylation sites is 1. The second kappa shape index (κ2) is 10.6. The Labute approximate surface area is 203 Å². The van der Waals surface area contributed by atoms with Crippen LogP contribution in [0.3, 0.4) is 0 Å². The molecule has 35 heavy (non-hydrogen) atoms. The van der Waals surface area contributed by atoms with Gasteiger partial charge in [-0.25, -0.2) is 9.78 Å². The maximum atomic E-state index is 12.7. The van der Waals surface area contributed by atoms with Crippen LogP contribution < -0.4 is 21.5 Å². The maximum absolute atomic E-state index is 12.7. The van der Waals surface area contributed by atoms with E-state index in [-0.39, 0.29) is 30.5 Å². The van der Waals surface area contributed by atoms with Gasteiger partial charge in [-0.15, -0.1) is 0 Å². The number of carbonyl (C=O) groups is 2. The molecule has 3 aromatic carbocycles. The molecule has 8 nitrogen and oxygen atoms in total. The van der Waals surface area contributed by atoms with Crippen LogP contribution in [0.25, 0.3) is 10.9 Å². The van der Waals surface area contributed by atoms with Crippen LogP contribution in [0.1, 0.15) is 23.1 Å². The van der Waals surface area contributed by atoms with E-state index in [1.807, 2.05) is 62.4 Å². The third kappa shape index (κ3) is 6.11. The summed E-state index contributed by atoms with van der Waals surface area (Å²) in [6, 6.07) is 19.9. The van der Waals surface area contributed by atoms with Crippen molar-refractivity contribution < 1.29 is 9.59 Å². The lowest BCUT2D eigenvalue weighted by molar-refractivity contribution is -0.121. The number of hydrogen-bond donors (Lipinski definition) is 3. The van der Waals surface area contributed by atoms with Crippen molar-refractivity contribution in [3.63, 3.8) is 0 Å². The summed E-state index contributed by atoms with van der Waals surface area (Å²) in [4.78, 5) is 41.7. The SMILES string of the molecule is Cc1cccc(NC(=O)Nc2cccc(CNC(=O)CCn3cnc4c(C)cccc4c3=O)c2)c1. The number of rotatable bonds is 7. The molecule has 0 spiro atoms. The number of hydrogen-bond acceptors (Lipinski definition) is 4. The molecule has 4 aromatic rings. The number of nitrogens with one attached hydrogen (secondary N) is 3. The van der Waals surface area contributed by atoms with Gasteiger partial charge in [0.05, 0.1) is 17.2 Å². The Kier molecular flexibility index (Phi) is 7.21. The van der Waals surface area contributed by atoms with E-state index in [1.165, 1.54) is 10.9 Å². The minimum absolute atomic E-state index is 0.149. The number of fused-ring (bicyclic) bond motifs is 1. The fraction of sp³-hybridized carbons (Fsp3) is 0.185. The van der Waals surface area contributed by atoms with E-state index in [0.29, 0.717) is 28.8 Å². The van der Waals surface area contributed by atoms with Gasteiger partial charge in [0.15, 0.2) is 0 Å². The Morgan fingerprint density at radius 3 is 2.40 bits per heavy atom. The third-order valence-corrected chi connectivity index (χ3v) is 5.59. The van der Waals surface area contributed by atoms with Crippen molar-refractivity contribution >= 4 is 34.2 Å². The average Bonchev–Trinajstić information content (AvgIpc) is 2.83. The summed E-state index contributed by atoms with van der Waals surface area (Å²) in [5, 5.41) is 9.00. The second-order valence-corrected chi connectivity index (χ2v) is 8.39. The van der Waals surface area contributed by atoms with Gasteiger partial charge in [0.2, 0.25) is 5.91 Å². The Hall–Kier alpha value is -4.46. The zero-order chi connectivity index (χ0) is 24.8. The van der Waals surface area contributed by atoms with Crippen molar-refractivity contribution in [3.8, 4) is 0 Å². The van der Waals surface area contributed by atoms with Crippen LogP contribution in [0.15, 0.2) is 77.9 Å². The van der Waals surface area contributed by atoms with Crippen LogP contribution in [-0.4, -0.2) is 21.5 Å². The molecule has 0 atom stereocenters. The summed E-state index contributed by atoms with van der Waals surface area (Å²) < 4.78 is 1.46. The second-order valence-electron chi connectivity index (χ2n) is 8.39. The van der Waals surface area contributed by atoms with Gasteiger partial charge in [-0.2, -0.15) is 0 Å². The van der Waals surface area contributed by atoms with E-state index in [4.69, 9.17) is 0 Å². The van der Waals surface area contributed by atoms with Crippen LogP contribution in [0.4, 0.5) is 16.2 Å². The van der Waals surface area contributed by atoms with E-state index in [2.05, 4.69) is 20.9 Å². The molecule has 1 heterocycles. The average molecular weight is 470 g/mol. The first-order chi connectivity index (χ1) is 16.9. The normalized spacial score (nSPS) is 10.7. The summed E-state index contributed by atoms with van der Waals surface area (Å²) >= 11 is 0. The number of amides is 3. The fourth-order valence-corrected chi connectivity index (χ4v) is 3.78. The lowest BCUT2D eigenvalue weighted by atomic mass is 10.1. The van der Waals surface area contributed by atoms with Crippen molar-refractivity contribution in [2.45, 2.75) is 33.4 Å². The number of urea groups is 1. The molecule has 0 aliphatic heterocycles. The lowest BCUT2D eigenvalue weighted by Gasteiger charge is -2.11. The molecule has 0 aliphatic rings. The molecule has 0 saturated carbocycles. The first-order valence-corrected chi connectivity index (χ1v) is 11.3. The van der Waals surface area contributed by atoms with Gasteiger partial charge in [-0.3, -0.25) is 14.2 Å². The van der Waals surface area contributed by atoms with E-state index in [0.717, 1.165) is 16.7 Å². The summed E-state index contributed by atoms with van der Waals surface area (Å²) in [5.74, 6) is -0.184. The zero-order valence-corrected chi connectivity index (χ0v) is 19.7. The molecule has 8 heteroatoms. The molecule has 4 rings (SSSR count). The Bertz CT molecular complexity index is 1440. The molecular formula is C27H27N5O3. The smallest absolute Gasteiger partial charge is 0.323 e. The van der Waals surface area contributed by atoms with Gasteiger partial charge in [-0.1, -0.05) is 36.4 Å². The quantitative estimate of drug-likeness (QED) is 0.374. The topological polar surface area (TPSA) is 105 Å². The highest BCUT2D eigenvalue weighted by Gasteiger charge is 2.09. The first-order valence-electron chi connectivity index (χ1n) is 11.3. The summed E-state index contributed by atoms with van der Waals surface area (Å²) in [6.45, 7) is 4.41. The third-order valence-electron chi connectivity index (χ3n) is 5.59. The van der Waals surface area contributed by atoms with Crippen LogP contribution in [0.5, 0.6) is 0 Å². The van der Waals surface area contributed by atoms with Crippen LogP contribution >= 0.6 is 0 Å². The van der Waals surface area contributed by atoms with E-state index >= 15 is 0 Å². The van der Waals surface area contributed by atoms with Crippen LogP contribution in [0.2, 0.25) is 0 Å². The summed E-state index contributed by atoms with van der Waals surface area (Å²) in [6.07, 6.45) is 1.64. The zero-order valence-electron chi connectivity index (χ0n) is 19.7. The summed E-state index contributed by atoms with van der Waals surface area (Å²) in [7, 11) is 0. The molecule has 178 valence electrons. The molecule has 0 radical (unpaired) electrons. The van der Waals surface area contributed by atoms with Gasteiger partial charge >= 0.3 is 6.03 Å². The molecule has 0 aliphatic carbocycles.